The highest BCUT2D eigenvalue weighted by Gasteiger charge is 2.26. The van der Waals surface area contributed by atoms with Gasteiger partial charge in [-0.2, -0.15) is 0 Å². The molecule has 0 bridgehead atoms. The molecule has 0 unspecified atom stereocenters. The number of carbonyl (C=O) groups excluding carboxylic acids is 2. The van der Waals surface area contributed by atoms with Crippen LogP contribution < -0.4 is 16.4 Å². The van der Waals surface area contributed by atoms with Crippen LogP contribution in [0.25, 0.3) is 0 Å². The summed E-state index contributed by atoms with van der Waals surface area (Å²) in [7, 11) is 0. The zero-order valence-corrected chi connectivity index (χ0v) is 8.03. The van der Waals surface area contributed by atoms with Crippen LogP contribution in [0, 0.1) is 0 Å². The van der Waals surface area contributed by atoms with E-state index in [0.717, 1.165) is 12.8 Å². The molecule has 0 aromatic rings. The molecule has 0 aromatic heterocycles. The van der Waals surface area contributed by atoms with Gasteiger partial charge in [-0.05, 0) is 12.8 Å². The maximum absolute atomic E-state index is 11.2. The Morgan fingerprint density at radius 3 is 2.40 bits per heavy atom. The Bertz CT molecular complexity index is 288. The normalized spacial score (nSPS) is 16.5. The third-order valence-corrected chi connectivity index (χ3v) is 1.92. The Labute approximate surface area is 86.0 Å². The van der Waals surface area contributed by atoms with Gasteiger partial charge >= 0.3 is 12.0 Å². The lowest BCUT2D eigenvalue weighted by molar-refractivity contribution is -0.140. The first-order chi connectivity index (χ1) is 6.99. The van der Waals surface area contributed by atoms with Crippen LogP contribution >= 0.6 is 0 Å². The van der Waals surface area contributed by atoms with Gasteiger partial charge in [0, 0.05) is 6.04 Å². The second kappa shape index (κ2) is 4.63. The van der Waals surface area contributed by atoms with Gasteiger partial charge in [0.15, 0.2) is 0 Å². The molecule has 7 nitrogen and oxygen atoms in total. The van der Waals surface area contributed by atoms with Crippen molar-refractivity contribution in [2.45, 2.75) is 31.3 Å². The third kappa shape index (κ3) is 4.30. The minimum atomic E-state index is -1.28. The van der Waals surface area contributed by atoms with E-state index >= 15 is 0 Å². The number of hydrogen-bond acceptors (Lipinski definition) is 3. The summed E-state index contributed by atoms with van der Waals surface area (Å²) in [5.74, 6) is -2.05. The average Bonchev–Trinajstić information content (AvgIpc) is 2.85. The summed E-state index contributed by atoms with van der Waals surface area (Å²) in [6.07, 6.45) is 1.40. The van der Waals surface area contributed by atoms with Crippen molar-refractivity contribution in [1.29, 1.82) is 0 Å². The van der Waals surface area contributed by atoms with E-state index in [2.05, 4.69) is 10.6 Å². The molecule has 0 radical (unpaired) electrons. The lowest BCUT2D eigenvalue weighted by Gasteiger charge is -2.13. The van der Waals surface area contributed by atoms with Crippen molar-refractivity contribution in [3.63, 3.8) is 0 Å². The monoisotopic (exact) mass is 215 g/mol. The number of nitrogens with two attached hydrogens (primary N) is 1. The average molecular weight is 215 g/mol. The zero-order valence-electron chi connectivity index (χ0n) is 8.03. The van der Waals surface area contributed by atoms with Crippen molar-refractivity contribution in [2.75, 3.05) is 0 Å². The standard InChI is InChI=1S/C8H13N3O4/c9-6(12)3-5(7(13)14)11-8(15)10-4-1-2-4/h4-5H,1-3H2,(H2,9,12)(H,13,14)(H2,10,11,15)/t5-/m0/s1. The number of hydrogen-bond donors (Lipinski definition) is 4. The number of nitrogens with one attached hydrogen (secondary N) is 2. The van der Waals surface area contributed by atoms with E-state index < -0.39 is 30.4 Å². The lowest BCUT2D eigenvalue weighted by Crippen LogP contribution is -2.48. The van der Waals surface area contributed by atoms with Crippen molar-refractivity contribution < 1.29 is 19.5 Å². The van der Waals surface area contributed by atoms with Gasteiger partial charge in [-0.15, -0.1) is 0 Å². The first kappa shape index (κ1) is 11.3. The summed E-state index contributed by atoms with van der Waals surface area (Å²) in [4.78, 5) is 32.3. The largest absolute Gasteiger partial charge is 0.480 e. The molecular formula is C8H13N3O4. The van der Waals surface area contributed by atoms with Crippen LogP contribution in [-0.4, -0.2) is 35.1 Å². The van der Waals surface area contributed by atoms with E-state index in [-0.39, 0.29) is 6.04 Å². The van der Waals surface area contributed by atoms with Crippen LogP contribution in [0.15, 0.2) is 0 Å². The molecule has 1 fully saturated rings. The molecule has 1 aliphatic rings. The molecule has 1 aliphatic carbocycles. The van der Waals surface area contributed by atoms with E-state index in [1.165, 1.54) is 0 Å². The fraction of sp³-hybridized carbons (Fsp3) is 0.625. The van der Waals surface area contributed by atoms with Gasteiger partial charge in [0.2, 0.25) is 5.91 Å². The summed E-state index contributed by atoms with van der Waals surface area (Å²) in [5, 5.41) is 13.4. The number of carboxylic acids is 1. The highest BCUT2D eigenvalue weighted by molar-refractivity contribution is 5.87. The lowest BCUT2D eigenvalue weighted by atomic mass is 10.2. The van der Waals surface area contributed by atoms with Crippen molar-refractivity contribution in [3.05, 3.63) is 0 Å². The van der Waals surface area contributed by atoms with Gasteiger partial charge in [-0.3, -0.25) is 4.79 Å². The third-order valence-electron chi connectivity index (χ3n) is 1.92. The molecule has 5 N–H and O–H groups in total. The van der Waals surface area contributed by atoms with Crippen molar-refractivity contribution in [3.8, 4) is 0 Å². The summed E-state index contributed by atoms with van der Waals surface area (Å²) in [5.41, 5.74) is 4.85. The molecule has 7 heteroatoms. The Balaban J connectivity index is 2.38. The van der Waals surface area contributed by atoms with Crippen LogP contribution in [0.2, 0.25) is 0 Å². The summed E-state index contributed by atoms with van der Waals surface area (Å²) >= 11 is 0. The van der Waals surface area contributed by atoms with Crippen LogP contribution in [0.3, 0.4) is 0 Å². The number of urea groups is 1. The highest BCUT2D eigenvalue weighted by atomic mass is 16.4. The Morgan fingerprint density at radius 2 is 2.00 bits per heavy atom. The van der Waals surface area contributed by atoms with Gasteiger partial charge in [0.25, 0.3) is 0 Å². The Kier molecular flexibility index (Phi) is 3.48. The second-order valence-electron chi connectivity index (χ2n) is 3.45. The predicted molar refractivity (Wildman–Crippen MR) is 49.9 cm³/mol. The van der Waals surface area contributed by atoms with Crippen molar-refractivity contribution in [2.24, 2.45) is 5.73 Å². The molecule has 3 amide bonds. The molecular weight excluding hydrogens is 202 g/mol. The fourth-order valence-electron chi connectivity index (χ4n) is 1.01. The minimum Gasteiger partial charge on any atom is -0.480 e. The number of aliphatic carboxylic acids is 1. The molecule has 0 aromatic carbocycles. The fourth-order valence-corrected chi connectivity index (χ4v) is 1.01. The van der Waals surface area contributed by atoms with Gasteiger partial charge < -0.3 is 21.5 Å². The quantitative estimate of drug-likeness (QED) is 0.459. The predicted octanol–water partition coefficient (Wildman–Crippen LogP) is -1.22. The summed E-state index contributed by atoms with van der Waals surface area (Å²) in [6.45, 7) is 0. The summed E-state index contributed by atoms with van der Waals surface area (Å²) < 4.78 is 0. The number of amides is 3. The second-order valence-corrected chi connectivity index (χ2v) is 3.45. The Morgan fingerprint density at radius 1 is 1.40 bits per heavy atom. The highest BCUT2D eigenvalue weighted by Crippen LogP contribution is 2.18. The van der Waals surface area contributed by atoms with E-state index in [4.69, 9.17) is 10.8 Å². The van der Waals surface area contributed by atoms with Gasteiger partial charge in [-0.25, -0.2) is 9.59 Å². The van der Waals surface area contributed by atoms with E-state index in [9.17, 15) is 14.4 Å². The number of carboxylic acid groups (broad SMARTS) is 1. The SMILES string of the molecule is NC(=O)C[C@H](NC(=O)NC1CC1)C(=O)O. The molecule has 84 valence electrons. The van der Waals surface area contributed by atoms with Gasteiger partial charge in [-0.1, -0.05) is 0 Å². The molecule has 0 heterocycles. The molecule has 1 atom stereocenters. The molecule has 0 saturated heterocycles. The summed E-state index contributed by atoms with van der Waals surface area (Å²) in [6, 6.07) is -1.71. The van der Waals surface area contributed by atoms with Crippen LogP contribution in [-0.2, 0) is 9.59 Å². The Hall–Kier alpha value is -1.79. The minimum absolute atomic E-state index is 0.132. The molecule has 0 spiro atoms. The first-order valence-corrected chi connectivity index (χ1v) is 4.57. The smallest absolute Gasteiger partial charge is 0.326 e. The van der Waals surface area contributed by atoms with E-state index in [0.29, 0.717) is 0 Å². The van der Waals surface area contributed by atoms with E-state index in [1.54, 1.807) is 0 Å². The van der Waals surface area contributed by atoms with E-state index in [1.807, 2.05) is 0 Å². The molecule has 1 rings (SSSR count). The van der Waals surface area contributed by atoms with Crippen LogP contribution in [0.1, 0.15) is 19.3 Å². The van der Waals surface area contributed by atoms with Crippen LogP contribution in [0.5, 0.6) is 0 Å². The van der Waals surface area contributed by atoms with Crippen LogP contribution in [0.4, 0.5) is 4.79 Å². The maximum atomic E-state index is 11.2. The number of carbonyl (C=O) groups is 3. The first-order valence-electron chi connectivity index (χ1n) is 4.57. The number of rotatable bonds is 5. The maximum Gasteiger partial charge on any atom is 0.326 e. The molecule has 0 aliphatic heterocycles. The van der Waals surface area contributed by atoms with Gasteiger partial charge in [0.1, 0.15) is 6.04 Å². The number of primary amides is 1. The zero-order chi connectivity index (χ0) is 11.4. The van der Waals surface area contributed by atoms with Crippen molar-refractivity contribution >= 4 is 17.9 Å². The van der Waals surface area contributed by atoms with Gasteiger partial charge in [0.05, 0.1) is 6.42 Å². The molecule has 15 heavy (non-hydrogen) atoms. The topological polar surface area (TPSA) is 122 Å². The van der Waals surface area contributed by atoms with Crippen molar-refractivity contribution in [1.82, 2.24) is 10.6 Å². The molecule has 1 saturated carbocycles.